The van der Waals surface area contributed by atoms with Gasteiger partial charge < -0.3 is 0 Å². The first-order chi connectivity index (χ1) is 7.22. The van der Waals surface area contributed by atoms with Gasteiger partial charge in [0.25, 0.3) is 0 Å². The second-order valence-corrected chi connectivity index (χ2v) is 3.93. The first-order valence-electron chi connectivity index (χ1n) is 4.50. The Morgan fingerprint density at radius 3 is 2.73 bits per heavy atom. The van der Waals surface area contributed by atoms with Gasteiger partial charge in [-0.3, -0.25) is 4.79 Å². The Hall–Kier alpha value is -1.05. The summed E-state index contributed by atoms with van der Waals surface area (Å²) in [5.41, 5.74) is 0.652. The van der Waals surface area contributed by atoms with Crippen LogP contribution in [0.5, 0.6) is 0 Å². The molecule has 0 fully saturated rings. The van der Waals surface area contributed by atoms with Gasteiger partial charge in [0.1, 0.15) is 0 Å². The normalized spacial score (nSPS) is 10.5. The Bertz CT molecular complexity index is 520. The van der Waals surface area contributed by atoms with Crippen molar-refractivity contribution >= 4 is 39.8 Å². The van der Waals surface area contributed by atoms with E-state index in [9.17, 15) is 4.79 Å². The van der Waals surface area contributed by atoms with Gasteiger partial charge in [-0.1, -0.05) is 35.9 Å². The highest BCUT2D eigenvalue weighted by molar-refractivity contribution is 6.33. The molecule has 76 valence electrons. The minimum atomic E-state index is -0.0652. The number of hydrogen-bond donors (Lipinski definition) is 0. The molecule has 0 saturated carbocycles. The molecule has 2 rings (SSSR count). The average Bonchev–Trinajstić information content (AvgIpc) is 2.26. The van der Waals surface area contributed by atoms with Gasteiger partial charge in [0, 0.05) is 10.6 Å². The van der Waals surface area contributed by atoms with Gasteiger partial charge in [0.05, 0.1) is 5.88 Å². The third-order valence-electron chi connectivity index (χ3n) is 2.26. The fourth-order valence-electron chi connectivity index (χ4n) is 1.57. The van der Waals surface area contributed by atoms with Gasteiger partial charge in [-0.05, 0) is 22.9 Å². The topological polar surface area (TPSA) is 17.1 Å². The second kappa shape index (κ2) is 4.21. The molecule has 0 saturated heterocycles. The van der Waals surface area contributed by atoms with Gasteiger partial charge in [-0.15, -0.1) is 11.6 Å². The molecule has 1 nitrogen and oxygen atoms in total. The number of benzene rings is 2. The van der Waals surface area contributed by atoms with E-state index in [1.54, 1.807) is 12.1 Å². The molecule has 0 aliphatic carbocycles. The lowest BCUT2D eigenvalue weighted by Gasteiger charge is -2.04. The van der Waals surface area contributed by atoms with Crippen LogP contribution in [0.15, 0.2) is 36.4 Å². The molecule has 3 heteroatoms. The van der Waals surface area contributed by atoms with Crippen molar-refractivity contribution in [2.75, 3.05) is 5.88 Å². The summed E-state index contributed by atoms with van der Waals surface area (Å²) in [6.07, 6.45) is 0. The molecule has 0 bridgehead atoms. The number of rotatable bonds is 2. The van der Waals surface area contributed by atoms with Crippen LogP contribution in [-0.2, 0) is 0 Å². The van der Waals surface area contributed by atoms with E-state index in [-0.39, 0.29) is 11.7 Å². The molecule has 0 amide bonds. The molecule has 0 N–H and O–H groups in total. The molecule has 15 heavy (non-hydrogen) atoms. The van der Waals surface area contributed by atoms with Crippen LogP contribution in [0.4, 0.5) is 0 Å². The minimum Gasteiger partial charge on any atom is -0.293 e. The van der Waals surface area contributed by atoms with Crippen LogP contribution in [-0.4, -0.2) is 11.7 Å². The van der Waals surface area contributed by atoms with Crippen LogP contribution in [0.3, 0.4) is 0 Å². The Morgan fingerprint density at radius 2 is 2.00 bits per heavy atom. The zero-order chi connectivity index (χ0) is 10.8. The maximum Gasteiger partial charge on any atom is 0.178 e. The van der Waals surface area contributed by atoms with E-state index in [1.165, 1.54) is 0 Å². The lowest BCUT2D eigenvalue weighted by Crippen LogP contribution is -2.00. The van der Waals surface area contributed by atoms with Crippen LogP contribution in [0, 0.1) is 0 Å². The van der Waals surface area contributed by atoms with Crippen LogP contribution in [0.2, 0.25) is 5.02 Å². The van der Waals surface area contributed by atoms with Crippen molar-refractivity contribution in [3.63, 3.8) is 0 Å². The number of carbonyl (C=O) groups excluding carboxylic acids is 1. The fourth-order valence-corrected chi connectivity index (χ4v) is 1.89. The Kier molecular flexibility index (Phi) is 2.94. The lowest BCUT2D eigenvalue weighted by atomic mass is 10.0. The van der Waals surface area contributed by atoms with E-state index < -0.39 is 0 Å². The predicted octanol–water partition coefficient (Wildman–Crippen LogP) is 3.91. The van der Waals surface area contributed by atoms with E-state index >= 15 is 0 Å². The number of ketones is 1. The van der Waals surface area contributed by atoms with Crippen molar-refractivity contribution in [2.24, 2.45) is 0 Å². The quantitative estimate of drug-likeness (QED) is 0.573. The molecule has 2 aromatic carbocycles. The van der Waals surface area contributed by atoms with Crippen molar-refractivity contribution < 1.29 is 4.79 Å². The summed E-state index contributed by atoms with van der Waals surface area (Å²) in [6.45, 7) is 0. The first kappa shape index (κ1) is 10.5. The van der Waals surface area contributed by atoms with Gasteiger partial charge in [0.2, 0.25) is 0 Å². The summed E-state index contributed by atoms with van der Waals surface area (Å²) >= 11 is 11.4. The summed E-state index contributed by atoms with van der Waals surface area (Å²) < 4.78 is 0. The number of fused-ring (bicyclic) bond motifs is 1. The van der Waals surface area contributed by atoms with E-state index in [2.05, 4.69) is 0 Å². The molecule has 0 aromatic heterocycles. The zero-order valence-electron chi connectivity index (χ0n) is 7.84. The predicted molar refractivity (Wildman–Crippen MR) is 64.0 cm³/mol. The third kappa shape index (κ3) is 1.99. The van der Waals surface area contributed by atoms with Crippen LogP contribution in [0.1, 0.15) is 10.4 Å². The fraction of sp³-hybridized carbons (Fsp3) is 0.0833. The van der Waals surface area contributed by atoms with E-state index in [0.29, 0.717) is 10.6 Å². The standard InChI is InChI=1S/C12H8Cl2O/c13-7-12(15)11-3-1-2-8-6-9(14)4-5-10(8)11/h1-6H,7H2. The van der Waals surface area contributed by atoms with Gasteiger partial charge in [-0.25, -0.2) is 0 Å². The van der Waals surface area contributed by atoms with Crippen molar-refractivity contribution in [1.29, 1.82) is 0 Å². The highest BCUT2D eigenvalue weighted by Crippen LogP contribution is 2.23. The summed E-state index contributed by atoms with van der Waals surface area (Å²) in [6, 6.07) is 11.0. The molecule has 0 spiro atoms. The molecular weight excluding hydrogens is 231 g/mol. The van der Waals surface area contributed by atoms with Crippen molar-refractivity contribution in [3.8, 4) is 0 Å². The summed E-state index contributed by atoms with van der Waals surface area (Å²) in [7, 11) is 0. The van der Waals surface area contributed by atoms with Crippen LogP contribution in [0.25, 0.3) is 10.8 Å². The molecule has 0 radical (unpaired) electrons. The molecule has 2 aromatic rings. The van der Waals surface area contributed by atoms with E-state index in [4.69, 9.17) is 23.2 Å². The lowest BCUT2D eigenvalue weighted by molar-refractivity contribution is 0.102. The van der Waals surface area contributed by atoms with Gasteiger partial charge in [0.15, 0.2) is 5.78 Å². The van der Waals surface area contributed by atoms with Crippen LogP contribution < -0.4 is 0 Å². The smallest absolute Gasteiger partial charge is 0.178 e. The number of alkyl halides is 1. The number of carbonyl (C=O) groups is 1. The second-order valence-electron chi connectivity index (χ2n) is 3.23. The number of Topliss-reactive ketones (excluding diaryl/α,β-unsaturated/α-hetero) is 1. The first-order valence-corrected chi connectivity index (χ1v) is 5.41. The highest BCUT2D eigenvalue weighted by Gasteiger charge is 2.08. The maximum absolute atomic E-state index is 11.5. The summed E-state index contributed by atoms with van der Waals surface area (Å²) in [5, 5.41) is 2.52. The third-order valence-corrected chi connectivity index (χ3v) is 2.74. The van der Waals surface area contributed by atoms with E-state index in [0.717, 1.165) is 10.8 Å². The van der Waals surface area contributed by atoms with Crippen molar-refractivity contribution in [3.05, 3.63) is 47.0 Å². The average molecular weight is 239 g/mol. The molecule has 0 atom stereocenters. The summed E-state index contributed by atoms with van der Waals surface area (Å²) in [5.74, 6) is -0.0635. The Labute approximate surface area is 97.6 Å². The van der Waals surface area contributed by atoms with Crippen molar-refractivity contribution in [1.82, 2.24) is 0 Å². The van der Waals surface area contributed by atoms with Crippen LogP contribution >= 0.6 is 23.2 Å². The SMILES string of the molecule is O=C(CCl)c1cccc2cc(Cl)ccc12. The minimum absolute atomic E-state index is 0.00173. The summed E-state index contributed by atoms with van der Waals surface area (Å²) in [4.78, 5) is 11.5. The Balaban J connectivity index is 2.71. The molecule has 0 aliphatic rings. The molecule has 0 unspecified atom stereocenters. The monoisotopic (exact) mass is 238 g/mol. The molecule has 0 aliphatic heterocycles. The number of hydrogen-bond acceptors (Lipinski definition) is 1. The number of halogens is 2. The molecule has 0 heterocycles. The van der Waals surface area contributed by atoms with Gasteiger partial charge >= 0.3 is 0 Å². The van der Waals surface area contributed by atoms with Crippen molar-refractivity contribution in [2.45, 2.75) is 0 Å². The highest BCUT2D eigenvalue weighted by atomic mass is 35.5. The van der Waals surface area contributed by atoms with Gasteiger partial charge in [-0.2, -0.15) is 0 Å². The zero-order valence-corrected chi connectivity index (χ0v) is 9.35. The maximum atomic E-state index is 11.5. The Morgan fingerprint density at radius 1 is 1.20 bits per heavy atom. The van der Waals surface area contributed by atoms with E-state index in [1.807, 2.05) is 24.3 Å². The largest absolute Gasteiger partial charge is 0.293 e. The molecular formula is C12H8Cl2O.